The van der Waals surface area contributed by atoms with Crippen LogP contribution in [-0.2, 0) is 4.74 Å². The van der Waals surface area contributed by atoms with Crippen LogP contribution in [0.4, 0.5) is 0 Å². The summed E-state index contributed by atoms with van der Waals surface area (Å²) in [5.74, 6) is 4.15. The Labute approximate surface area is 156 Å². The van der Waals surface area contributed by atoms with Gasteiger partial charge in [-0.15, -0.1) is 24.0 Å². The molecule has 2 saturated heterocycles. The number of hydrogen-bond acceptors (Lipinski definition) is 4. The zero-order chi connectivity index (χ0) is 15.3. The summed E-state index contributed by atoms with van der Waals surface area (Å²) < 4.78 is 5.28. The van der Waals surface area contributed by atoms with Gasteiger partial charge in [0.25, 0.3) is 0 Å². The Hall–Kier alpha value is 0.270. The predicted molar refractivity (Wildman–Crippen MR) is 107 cm³/mol. The number of methoxy groups -OCH3 is 1. The van der Waals surface area contributed by atoms with Crippen molar-refractivity contribution >= 4 is 41.7 Å². The van der Waals surface area contributed by atoms with E-state index < -0.39 is 0 Å². The van der Waals surface area contributed by atoms with Gasteiger partial charge in [-0.25, -0.2) is 0 Å². The summed E-state index contributed by atoms with van der Waals surface area (Å²) in [4.78, 5) is 9.23. The molecule has 2 rings (SSSR count). The van der Waals surface area contributed by atoms with E-state index in [1.807, 2.05) is 7.05 Å². The van der Waals surface area contributed by atoms with Crippen LogP contribution in [0.15, 0.2) is 4.99 Å². The molecule has 0 bridgehead atoms. The highest BCUT2D eigenvalue weighted by Gasteiger charge is 2.37. The fraction of sp³-hybridized carbons (Fsp3) is 0.933. The number of likely N-dealkylation sites (N-methyl/N-ethyl adjacent to an activating group) is 1. The van der Waals surface area contributed by atoms with E-state index in [1.54, 1.807) is 7.11 Å². The Morgan fingerprint density at radius 2 is 2.27 bits per heavy atom. The number of guanidine groups is 1. The third-order valence-electron chi connectivity index (χ3n) is 4.81. The molecule has 1 N–H and O–H groups in total. The normalized spacial score (nSPS) is 29.0. The molecule has 2 aliphatic heterocycles. The van der Waals surface area contributed by atoms with Crippen molar-refractivity contribution in [2.45, 2.75) is 18.4 Å². The molecule has 22 heavy (non-hydrogen) atoms. The van der Waals surface area contributed by atoms with Crippen molar-refractivity contribution in [2.24, 2.45) is 10.9 Å². The van der Waals surface area contributed by atoms with E-state index >= 15 is 0 Å². The minimum atomic E-state index is 0. The first kappa shape index (κ1) is 20.3. The highest BCUT2D eigenvalue weighted by Crippen LogP contribution is 2.31. The molecule has 0 aliphatic carbocycles. The van der Waals surface area contributed by atoms with Gasteiger partial charge in [0, 0.05) is 51.0 Å². The van der Waals surface area contributed by atoms with Gasteiger partial charge >= 0.3 is 0 Å². The summed E-state index contributed by atoms with van der Waals surface area (Å²) >= 11 is 2.06. The van der Waals surface area contributed by atoms with Crippen LogP contribution in [0.1, 0.15) is 12.8 Å². The molecule has 2 atom stereocenters. The second-order valence-electron chi connectivity index (χ2n) is 6.38. The summed E-state index contributed by atoms with van der Waals surface area (Å²) in [6.45, 7) is 3.96. The monoisotopic (exact) mass is 442 g/mol. The van der Waals surface area contributed by atoms with Crippen molar-refractivity contribution in [3.05, 3.63) is 0 Å². The van der Waals surface area contributed by atoms with E-state index in [9.17, 15) is 0 Å². The lowest BCUT2D eigenvalue weighted by Crippen LogP contribution is -2.55. The summed E-state index contributed by atoms with van der Waals surface area (Å²) in [5.41, 5.74) is 0.270. The number of nitrogens with zero attached hydrogens (tertiary/aromatic N) is 3. The molecule has 5 nitrogen and oxygen atoms in total. The smallest absolute Gasteiger partial charge is 0.193 e. The molecule has 2 fully saturated rings. The topological polar surface area (TPSA) is 40.1 Å². The first-order valence-corrected chi connectivity index (χ1v) is 8.96. The molecule has 2 heterocycles. The highest BCUT2D eigenvalue weighted by atomic mass is 127. The average Bonchev–Trinajstić information content (AvgIpc) is 3.10. The fourth-order valence-corrected chi connectivity index (χ4v) is 4.77. The standard InChI is InChI=1S/C15H30N4OS.HI/c1-16-14(19-7-5-13(9-19)10-20-4)17-11-15(18(2)3)6-8-21-12-15;/h13H,5-12H2,1-4H3,(H,16,17);1H. The first-order valence-electron chi connectivity index (χ1n) is 7.81. The highest BCUT2D eigenvalue weighted by molar-refractivity contribution is 14.0. The number of thioether (sulfide) groups is 1. The summed E-state index contributed by atoms with van der Waals surface area (Å²) in [7, 11) is 8.06. The van der Waals surface area contributed by atoms with Crippen LogP contribution in [0.2, 0.25) is 0 Å². The Kier molecular flexibility index (Phi) is 8.81. The number of ether oxygens (including phenoxy) is 1. The van der Waals surface area contributed by atoms with Gasteiger partial charge in [-0.3, -0.25) is 4.99 Å². The predicted octanol–water partition coefficient (Wildman–Crippen LogP) is 1.59. The molecule has 0 spiro atoms. The van der Waals surface area contributed by atoms with Crippen LogP contribution in [0, 0.1) is 5.92 Å². The van der Waals surface area contributed by atoms with Crippen LogP contribution in [-0.4, -0.2) is 87.3 Å². The molecule has 2 unspecified atom stereocenters. The molecule has 0 radical (unpaired) electrons. The largest absolute Gasteiger partial charge is 0.384 e. The quantitative estimate of drug-likeness (QED) is 0.398. The molecule has 0 aromatic carbocycles. The van der Waals surface area contributed by atoms with Gasteiger partial charge in [0.05, 0.1) is 6.61 Å². The summed E-state index contributed by atoms with van der Waals surface area (Å²) in [5, 5.41) is 3.62. The first-order chi connectivity index (χ1) is 10.1. The maximum absolute atomic E-state index is 5.28. The van der Waals surface area contributed by atoms with E-state index in [2.05, 4.69) is 46.0 Å². The Balaban J connectivity index is 0.00000242. The molecule has 0 aromatic rings. The van der Waals surface area contributed by atoms with Crippen LogP contribution in [0.3, 0.4) is 0 Å². The number of hydrogen-bond donors (Lipinski definition) is 1. The van der Waals surface area contributed by atoms with E-state index in [4.69, 9.17) is 4.74 Å². The minimum absolute atomic E-state index is 0. The Morgan fingerprint density at radius 1 is 1.50 bits per heavy atom. The number of rotatable bonds is 5. The van der Waals surface area contributed by atoms with Gasteiger partial charge in [0.2, 0.25) is 0 Å². The molecule has 0 saturated carbocycles. The van der Waals surface area contributed by atoms with E-state index in [0.29, 0.717) is 5.92 Å². The second-order valence-corrected chi connectivity index (χ2v) is 7.48. The summed E-state index contributed by atoms with van der Waals surface area (Å²) in [6, 6.07) is 0. The van der Waals surface area contributed by atoms with Crippen LogP contribution in [0.5, 0.6) is 0 Å². The van der Waals surface area contributed by atoms with Gasteiger partial charge in [0.1, 0.15) is 0 Å². The third-order valence-corrected chi connectivity index (χ3v) is 6.04. The summed E-state index contributed by atoms with van der Waals surface area (Å²) in [6.07, 6.45) is 2.45. The van der Waals surface area contributed by atoms with Crippen LogP contribution in [0.25, 0.3) is 0 Å². The maximum Gasteiger partial charge on any atom is 0.193 e. The SMILES string of the molecule is CN=C(NCC1(N(C)C)CCSC1)N1CCC(COC)C1.I. The van der Waals surface area contributed by atoms with Gasteiger partial charge in [-0.2, -0.15) is 11.8 Å². The Bertz CT molecular complexity index is 361. The average molecular weight is 442 g/mol. The number of aliphatic imine (C=N–C) groups is 1. The zero-order valence-electron chi connectivity index (χ0n) is 14.3. The van der Waals surface area contributed by atoms with Crippen molar-refractivity contribution in [3.63, 3.8) is 0 Å². The molecule has 2 aliphatic rings. The molecule has 0 aromatic heterocycles. The number of nitrogens with one attached hydrogen (secondary N) is 1. The third kappa shape index (κ3) is 4.88. The van der Waals surface area contributed by atoms with Gasteiger partial charge in [0.15, 0.2) is 5.96 Å². The second kappa shape index (κ2) is 9.54. The van der Waals surface area contributed by atoms with Crippen molar-refractivity contribution < 1.29 is 4.74 Å². The van der Waals surface area contributed by atoms with Crippen molar-refractivity contribution in [1.29, 1.82) is 0 Å². The lowest BCUT2D eigenvalue weighted by Gasteiger charge is -2.37. The van der Waals surface area contributed by atoms with Gasteiger partial charge < -0.3 is 19.9 Å². The lowest BCUT2D eigenvalue weighted by atomic mass is 9.97. The maximum atomic E-state index is 5.28. The molecule has 0 amide bonds. The Morgan fingerprint density at radius 3 is 2.82 bits per heavy atom. The fourth-order valence-electron chi connectivity index (χ4n) is 3.22. The number of halogens is 1. The molecule has 130 valence electrons. The van der Waals surface area contributed by atoms with Crippen LogP contribution < -0.4 is 5.32 Å². The van der Waals surface area contributed by atoms with Crippen molar-refractivity contribution in [3.8, 4) is 0 Å². The number of likely N-dealkylation sites (tertiary alicyclic amines) is 1. The molecule has 7 heteroatoms. The molecular weight excluding hydrogens is 411 g/mol. The van der Waals surface area contributed by atoms with E-state index in [0.717, 1.165) is 32.2 Å². The van der Waals surface area contributed by atoms with Gasteiger partial charge in [-0.05, 0) is 32.7 Å². The van der Waals surface area contributed by atoms with Crippen molar-refractivity contribution in [1.82, 2.24) is 15.1 Å². The molecular formula is C15H31IN4OS. The lowest BCUT2D eigenvalue weighted by molar-refractivity contribution is 0.156. The van der Waals surface area contributed by atoms with Gasteiger partial charge in [-0.1, -0.05) is 0 Å². The zero-order valence-corrected chi connectivity index (χ0v) is 17.4. The van der Waals surface area contributed by atoms with Crippen molar-refractivity contribution in [2.75, 3.05) is 66.0 Å². The minimum Gasteiger partial charge on any atom is -0.384 e. The van der Waals surface area contributed by atoms with E-state index in [-0.39, 0.29) is 29.5 Å². The van der Waals surface area contributed by atoms with Crippen LogP contribution >= 0.6 is 35.7 Å². The van der Waals surface area contributed by atoms with E-state index in [1.165, 1.54) is 24.3 Å².